The lowest BCUT2D eigenvalue weighted by Crippen LogP contribution is -2.13. The molecule has 1 heterocycles. The van der Waals surface area contributed by atoms with Crippen LogP contribution >= 0.6 is 0 Å². The zero-order chi connectivity index (χ0) is 14.0. The topological polar surface area (TPSA) is 91.2 Å². The molecule has 2 aromatic rings. The lowest BCUT2D eigenvalue weighted by atomic mass is 10.2. The van der Waals surface area contributed by atoms with Crippen LogP contribution in [0.5, 0.6) is 11.6 Å². The van der Waals surface area contributed by atoms with Crippen LogP contribution in [0.3, 0.4) is 0 Å². The summed E-state index contributed by atoms with van der Waals surface area (Å²) in [5.74, 6) is -0.676. The molecule has 6 heteroatoms. The second kappa shape index (κ2) is 4.93. The van der Waals surface area contributed by atoms with Crippen LogP contribution in [-0.4, -0.2) is 10.9 Å². The number of nitrogens with zero attached hydrogens (tertiary/aromatic N) is 1. The number of pyridine rings is 1. The van der Waals surface area contributed by atoms with E-state index in [1.807, 2.05) is 0 Å². The van der Waals surface area contributed by atoms with Gasteiger partial charge in [-0.3, -0.25) is 4.79 Å². The number of hydrogen-bond donors (Lipinski definition) is 2. The number of rotatable bonds is 3. The number of ether oxygens (including phenoxy) is 1. The zero-order valence-corrected chi connectivity index (χ0v) is 10.2. The highest BCUT2D eigenvalue weighted by atomic mass is 19.1. The molecule has 0 spiro atoms. The minimum atomic E-state index is -0.681. The third kappa shape index (κ3) is 2.79. The number of benzene rings is 1. The number of carbonyl (C=O) groups excluding carboxylic acids is 1. The van der Waals surface area contributed by atoms with E-state index in [9.17, 15) is 9.18 Å². The molecule has 19 heavy (non-hydrogen) atoms. The van der Waals surface area contributed by atoms with Crippen molar-refractivity contribution in [2.75, 3.05) is 5.73 Å². The Balaban J connectivity index is 2.30. The highest BCUT2D eigenvalue weighted by molar-refractivity contribution is 5.98. The van der Waals surface area contributed by atoms with Gasteiger partial charge in [0.2, 0.25) is 5.88 Å². The van der Waals surface area contributed by atoms with Crippen molar-refractivity contribution in [3.8, 4) is 11.6 Å². The van der Waals surface area contributed by atoms with Gasteiger partial charge in [0.1, 0.15) is 11.6 Å². The Morgan fingerprint density at radius 2 is 2.11 bits per heavy atom. The number of halogens is 1. The van der Waals surface area contributed by atoms with Crippen molar-refractivity contribution in [1.29, 1.82) is 0 Å². The van der Waals surface area contributed by atoms with Crippen LogP contribution in [0.25, 0.3) is 0 Å². The van der Waals surface area contributed by atoms with Gasteiger partial charge in [-0.25, -0.2) is 9.37 Å². The predicted octanol–water partition coefficient (Wildman–Crippen LogP) is 2.00. The quantitative estimate of drug-likeness (QED) is 0.884. The van der Waals surface area contributed by atoms with Crippen molar-refractivity contribution in [1.82, 2.24) is 4.98 Å². The minimum absolute atomic E-state index is 0.109. The summed E-state index contributed by atoms with van der Waals surface area (Å²) >= 11 is 0. The van der Waals surface area contributed by atoms with E-state index in [1.54, 1.807) is 19.1 Å². The third-order valence-electron chi connectivity index (χ3n) is 2.54. The fourth-order valence-corrected chi connectivity index (χ4v) is 1.47. The summed E-state index contributed by atoms with van der Waals surface area (Å²) in [7, 11) is 0. The van der Waals surface area contributed by atoms with E-state index in [2.05, 4.69) is 4.98 Å². The Labute approximate surface area is 109 Å². The van der Waals surface area contributed by atoms with Gasteiger partial charge in [0.05, 0.1) is 17.4 Å². The van der Waals surface area contributed by atoms with Crippen molar-refractivity contribution in [3.05, 3.63) is 47.4 Å². The second-order valence-electron chi connectivity index (χ2n) is 3.99. The first kappa shape index (κ1) is 12.8. The number of hydrogen-bond acceptors (Lipinski definition) is 4. The SMILES string of the molecule is Cc1ccc(Oc2cc(C(N)=O)c(N)cn2)cc1F. The fraction of sp³-hybridized carbons (Fsp3) is 0.0769. The number of carbonyl (C=O) groups is 1. The Bertz CT molecular complexity index is 644. The van der Waals surface area contributed by atoms with E-state index in [4.69, 9.17) is 16.2 Å². The Kier molecular flexibility index (Phi) is 3.33. The van der Waals surface area contributed by atoms with E-state index < -0.39 is 5.91 Å². The smallest absolute Gasteiger partial charge is 0.251 e. The summed E-state index contributed by atoms with van der Waals surface area (Å²) in [6.45, 7) is 1.64. The van der Waals surface area contributed by atoms with Crippen LogP contribution in [-0.2, 0) is 0 Å². The number of anilines is 1. The van der Waals surface area contributed by atoms with Crippen LogP contribution in [0.2, 0.25) is 0 Å². The van der Waals surface area contributed by atoms with Crippen LogP contribution in [0.1, 0.15) is 15.9 Å². The van der Waals surface area contributed by atoms with Gasteiger partial charge in [0.15, 0.2) is 0 Å². The summed E-state index contributed by atoms with van der Waals surface area (Å²) < 4.78 is 18.7. The molecule has 0 saturated heterocycles. The number of aryl methyl sites for hydroxylation is 1. The van der Waals surface area contributed by atoms with Crippen molar-refractivity contribution in [2.24, 2.45) is 5.73 Å². The molecule has 1 amide bonds. The monoisotopic (exact) mass is 261 g/mol. The normalized spacial score (nSPS) is 10.2. The van der Waals surface area contributed by atoms with Gasteiger partial charge in [-0.05, 0) is 18.6 Å². The number of primary amides is 1. The van der Waals surface area contributed by atoms with E-state index in [-0.39, 0.29) is 28.7 Å². The Hall–Kier alpha value is -2.63. The van der Waals surface area contributed by atoms with E-state index in [0.717, 1.165) is 0 Å². The molecular formula is C13H12FN3O2. The van der Waals surface area contributed by atoms with Crippen LogP contribution < -0.4 is 16.2 Å². The van der Waals surface area contributed by atoms with Crippen molar-refractivity contribution in [3.63, 3.8) is 0 Å². The van der Waals surface area contributed by atoms with Crippen molar-refractivity contribution >= 4 is 11.6 Å². The highest BCUT2D eigenvalue weighted by Gasteiger charge is 2.09. The third-order valence-corrected chi connectivity index (χ3v) is 2.54. The summed E-state index contributed by atoms with van der Waals surface area (Å²) in [6.07, 6.45) is 1.26. The number of aromatic nitrogens is 1. The molecule has 5 nitrogen and oxygen atoms in total. The van der Waals surface area contributed by atoms with Gasteiger partial charge in [-0.2, -0.15) is 0 Å². The van der Waals surface area contributed by atoms with Gasteiger partial charge in [0.25, 0.3) is 5.91 Å². The zero-order valence-electron chi connectivity index (χ0n) is 10.2. The highest BCUT2D eigenvalue weighted by Crippen LogP contribution is 2.24. The van der Waals surface area contributed by atoms with E-state index in [1.165, 1.54) is 18.3 Å². The van der Waals surface area contributed by atoms with Crippen LogP contribution in [0.15, 0.2) is 30.5 Å². The molecule has 1 aromatic heterocycles. The van der Waals surface area contributed by atoms with Gasteiger partial charge < -0.3 is 16.2 Å². The van der Waals surface area contributed by atoms with E-state index in [0.29, 0.717) is 5.56 Å². The molecule has 0 bridgehead atoms. The van der Waals surface area contributed by atoms with E-state index >= 15 is 0 Å². The van der Waals surface area contributed by atoms with Gasteiger partial charge in [-0.1, -0.05) is 6.07 Å². The minimum Gasteiger partial charge on any atom is -0.439 e. The first-order chi connectivity index (χ1) is 8.97. The maximum Gasteiger partial charge on any atom is 0.251 e. The molecule has 0 unspecified atom stereocenters. The molecule has 0 radical (unpaired) electrons. The van der Waals surface area contributed by atoms with Crippen LogP contribution in [0.4, 0.5) is 10.1 Å². The van der Waals surface area contributed by atoms with Gasteiger partial charge >= 0.3 is 0 Å². The molecule has 98 valence electrons. The molecule has 0 saturated carbocycles. The fourth-order valence-electron chi connectivity index (χ4n) is 1.47. The first-order valence-corrected chi connectivity index (χ1v) is 5.46. The lowest BCUT2D eigenvalue weighted by Gasteiger charge is -2.07. The second-order valence-corrected chi connectivity index (χ2v) is 3.99. The Morgan fingerprint density at radius 1 is 1.37 bits per heavy atom. The number of amides is 1. The first-order valence-electron chi connectivity index (χ1n) is 5.46. The molecule has 0 aliphatic carbocycles. The number of nitrogens with two attached hydrogens (primary N) is 2. The summed E-state index contributed by atoms with van der Waals surface area (Å²) in [5, 5.41) is 0. The van der Waals surface area contributed by atoms with Crippen molar-refractivity contribution < 1.29 is 13.9 Å². The number of nitrogen functional groups attached to an aromatic ring is 1. The summed E-state index contributed by atoms with van der Waals surface area (Å²) in [6, 6.07) is 5.73. The van der Waals surface area contributed by atoms with Gasteiger partial charge in [0, 0.05) is 12.1 Å². The maximum atomic E-state index is 13.4. The predicted molar refractivity (Wildman–Crippen MR) is 68.4 cm³/mol. The maximum absolute atomic E-state index is 13.4. The van der Waals surface area contributed by atoms with Crippen molar-refractivity contribution in [2.45, 2.75) is 6.92 Å². The molecule has 0 aliphatic heterocycles. The molecule has 2 rings (SSSR count). The van der Waals surface area contributed by atoms with Crippen LogP contribution in [0, 0.1) is 12.7 Å². The summed E-state index contributed by atoms with van der Waals surface area (Å²) in [4.78, 5) is 15.0. The molecule has 4 N–H and O–H groups in total. The molecule has 1 aromatic carbocycles. The molecule has 0 aliphatic rings. The molecule has 0 atom stereocenters. The molecule has 0 fully saturated rings. The van der Waals surface area contributed by atoms with Gasteiger partial charge in [-0.15, -0.1) is 0 Å². The average Bonchev–Trinajstić information content (AvgIpc) is 2.36. The summed E-state index contributed by atoms with van der Waals surface area (Å²) in [5.41, 5.74) is 11.5. The lowest BCUT2D eigenvalue weighted by molar-refractivity contribution is 0.100. The Morgan fingerprint density at radius 3 is 2.74 bits per heavy atom. The molecular weight excluding hydrogens is 249 g/mol. The standard InChI is InChI=1S/C13H12FN3O2/c1-7-2-3-8(4-10(7)14)19-12-5-9(13(16)18)11(15)6-17-12/h2-6H,15H2,1H3,(H2,16,18). The largest absolute Gasteiger partial charge is 0.439 e. The average molecular weight is 261 g/mol.